The van der Waals surface area contributed by atoms with Gasteiger partial charge >= 0.3 is 0 Å². The van der Waals surface area contributed by atoms with Crippen LogP contribution in [0.4, 0.5) is 0 Å². The van der Waals surface area contributed by atoms with Crippen molar-refractivity contribution in [1.82, 2.24) is 24.8 Å². The first-order valence-electron chi connectivity index (χ1n) is 10.2. The van der Waals surface area contributed by atoms with E-state index in [-0.39, 0.29) is 5.56 Å². The molecular formula is C23H27N5O2. The predicted molar refractivity (Wildman–Crippen MR) is 117 cm³/mol. The van der Waals surface area contributed by atoms with Gasteiger partial charge in [-0.05, 0) is 49.8 Å². The standard InChI is InChI=1S/C23H27N5O2/c1-5-16-6-8-17(9-7-16)22-20(13-30-4)27-28-21(29)12-18(24-23(22)28)10-11-19-14(2)25-26-15(19)3/h6-9,12,24H,5,10-11,13H2,1-4H3,(H,25,26). The van der Waals surface area contributed by atoms with Gasteiger partial charge in [0, 0.05) is 24.6 Å². The lowest BCUT2D eigenvalue weighted by Crippen LogP contribution is -2.16. The van der Waals surface area contributed by atoms with E-state index in [2.05, 4.69) is 51.5 Å². The van der Waals surface area contributed by atoms with Crippen LogP contribution in [0.15, 0.2) is 35.1 Å². The maximum absolute atomic E-state index is 12.8. The highest BCUT2D eigenvalue weighted by Gasteiger charge is 2.18. The van der Waals surface area contributed by atoms with E-state index in [1.807, 2.05) is 13.8 Å². The number of rotatable bonds is 7. The average molecular weight is 406 g/mol. The Morgan fingerprint density at radius 3 is 2.53 bits per heavy atom. The van der Waals surface area contributed by atoms with Gasteiger partial charge in [0.1, 0.15) is 5.65 Å². The molecule has 0 fully saturated rings. The van der Waals surface area contributed by atoms with E-state index in [9.17, 15) is 4.79 Å². The highest BCUT2D eigenvalue weighted by atomic mass is 16.5. The fourth-order valence-corrected chi connectivity index (χ4v) is 3.92. The van der Waals surface area contributed by atoms with Gasteiger partial charge in [-0.3, -0.25) is 9.89 Å². The molecule has 4 rings (SSSR count). The molecule has 3 aromatic heterocycles. The Balaban J connectivity index is 1.78. The summed E-state index contributed by atoms with van der Waals surface area (Å²) in [6.45, 7) is 6.49. The molecule has 0 unspecified atom stereocenters. The second-order valence-corrected chi connectivity index (χ2v) is 7.61. The van der Waals surface area contributed by atoms with Crippen molar-refractivity contribution in [2.75, 3.05) is 7.11 Å². The van der Waals surface area contributed by atoms with Crippen molar-refractivity contribution in [3.05, 3.63) is 74.6 Å². The zero-order chi connectivity index (χ0) is 21.3. The molecule has 0 amide bonds. The topological polar surface area (TPSA) is 88.1 Å². The van der Waals surface area contributed by atoms with Crippen LogP contribution in [0.1, 0.15) is 40.8 Å². The highest BCUT2D eigenvalue weighted by molar-refractivity contribution is 5.80. The molecule has 0 bridgehead atoms. The number of nitrogens with zero attached hydrogens (tertiary/aromatic N) is 3. The molecule has 2 N–H and O–H groups in total. The first kappa shape index (κ1) is 20.1. The molecule has 4 aromatic rings. The first-order chi connectivity index (χ1) is 14.5. The van der Waals surface area contributed by atoms with Gasteiger partial charge in [0.05, 0.1) is 23.6 Å². The average Bonchev–Trinajstić information content (AvgIpc) is 3.26. The van der Waals surface area contributed by atoms with Crippen LogP contribution < -0.4 is 5.56 Å². The molecular weight excluding hydrogens is 378 g/mol. The van der Waals surface area contributed by atoms with Gasteiger partial charge < -0.3 is 9.72 Å². The Labute approximate surface area is 175 Å². The van der Waals surface area contributed by atoms with Gasteiger partial charge in [-0.25, -0.2) is 0 Å². The summed E-state index contributed by atoms with van der Waals surface area (Å²) in [5, 5.41) is 11.8. The number of aromatic amines is 2. The van der Waals surface area contributed by atoms with Crippen molar-refractivity contribution in [2.24, 2.45) is 0 Å². The Morgan fingerprint density at radius 1 is 1.13 bits per heavy atom. The summed E-state index contributed by atoms with van der Waals surface area (Å²) in [6, 6.07) is 10.0. The minimum absolute atomic E-state index is 0.145. The molecule has 0 radical (unpaired) electrons. The third-order valence-corrected chi connectivity index (χ3v) is 5.60. The van der Waals surface area contributed by atoms with Gasteiger partial charge in [0.25, 0.3) is 5.56 Å². The van der Waals surface area contributed by atoms with Crippen molar-refractivity contribution in [3.8, 4) is 11.1 Å². The maximum Gasteiger partial charge on any atom is 0.274 e. The zero-order valence-electron chi connectivity index (χ0n) is 17.9. The molecule has 0 aliphatic heterocycles. The highest BCUT2D eigenvalue weighted by Crippen LogP contribution is 2.28. The summed E-state index contributed by atoms with van der Waals surface area (Å²) < 4.78 is 6.79. The molecule has 7 heteroatoms. The number of hydrogen-bond acceptors (Lipinski definition) is 4. The lowest BCUT2D eigenvalue weighted by Gasteiger charge is -2.07. The number of aryl methyl sites for hydroxylation is 4. The number of fused-ring (bicyclic) bond motifs is 1. The molecule has 0 saturated heterocycles. The van der Waals surface area contributed by atoms with E-state index >= 15 is 0 Å². The third-order valence-electron chi connectivity index (χ3n) is 5.60. The van der Waals surface area contributed by atoms with Crippen molar-refractivity contribution < 1.29 is 4.74 Å². The number of H-pyrrole nitrogens is 2. The minimum atomic E-state index is -0.145. The number of nitrogens with one attached hydrogen (secondary N) is 2. The lowest BCUT2D eigenvalue weighted by atomic mass is 10.0. The Hall–Kier alpha value is -3.19. The minimum Gasteiger partial charge on any atom is -0.378 e. The van der Waals surface area contributed by atoms with Crippen LogP contribution in [0.3, 0.4) is 0 Å². The van der Waals surface area contributed by atoms with Gasteiger partial charge in [0.2, 0.25) is 0 Å². The van der Waals surface area contributed by atoms with Gasteiger partial charge in [-0.1, -0.05) is 31.2 Å². The number of benzene rings is 1. The van der Waals surface area contributed by atoms with Crippen LogP contribution in [0.2, 0.25) is 0 Å². The molecule has 0 aliphatic rings. The van der Waals surface area contributed by atoms with Crippen LogP contribution in [0.25, 0.3) is 16.8 Å². The maximum atomic E-state index is 12.8. The summed E-state index contributed by atoms with van der Waals surface area (Å²) in [7, 11) is 1.64. The van der Waals surface area contributed by atoms with Crippen LogP contribution in [-0.4, -0.2) is 31.9 Å². The van der Waals surface area contributed by atoms with Crippen LogP contribution >= 0.6 is 0 Å². The lowest BCUT2D eigenvalue weighted by molar-refractivity contribution is 0.181. The molecule has 0 atom stereocenters. The number of methoxy groups -OCH3 is 1. The first-order valence-corrected chi connectivity index (χ1v) is 10.2. The van der Waals surface area contributed by atoms with Gasteiger partial charge in [-0.2, -0.15) is 14.7 Å². The molecule has 1 aromatic carbocycles. The van der Waals surface area contributed by atoms with Crippen molar-refractivity contribution in [2.45, 2.75) is 46.6 Å². The summed E-state index contributed by atoms with van der Waals surface area (Å²) in [5.41, 5.74) is 8.64. The van der Waals surface area contributed by atoms with E-state index in [1.165, 1.54) is 15.6 Å². The SMILES string of the molecule is CCc1ccc(-c2c(COC)nn3c(=O)cc(CCc4c(C)n[nH]c4C)[nH]c23)cc1. The van der Waals surface area contributed by atoms with Crippen LogP contribution in [0.5, 0.6) is 0 Å². The third kappa shape index (κ3) is 3.68. The van der Waals surface area contributed by atoms with E-state index in [0.29, 0.717) is 18.7 Å². The molecule has 156 valence electrons. The predicted octanol–water partition coefficient (Wildman–Crippen LogP) is 3.52. The summed E-state index contributed by atoms with van der Waals surface area (Å²) in [4.78, 5) is 16.3. The summed E-state index contributed by atoms with van der Waals surface area (Å²) in [5.74, 6) is 0. The number of ether oxygens (including phenoxy) is 1. The Kier molecular flexibility index (Phi) is 5.55. The summed E-state index contributed by atoms with van der Waals surface area (Å²) in [6.07, 6.45) is 2.50. The zero-order valence-corrected chi connectivity index (χ0v) is 17.9. The largest absolute Gasteiger partial charge is 0.378 e. The molecule has 0 aliphatic carbocycles. The van der Waals surface area contributed by atoms with Crippen molar-refractivity contribution >= 4 is 5.65 Å². The molecule has 0 spiro atoms. The van der Waals surface area contributed by atoms with Gasteiger partial charge in [-0.15, -0.1) is 0 Å². The van der Waals surface area contributed by atoms with E-state index in [1.54, 1.807) is 13.2 Å². The Bertz CT molecular complexity index is 1210. The molecule has 30 heavy (non-hydrogen) atoms. The van der Waals surface area contributed by atoms with Crippen LogP contribution in [0, 0.1) is 13.8 Å². The monoisotopic (exact) mass is 405 g/mol. The van der Waals surface area contributed by atoms with Crippen molar-refractivity contribution in [1.29, 1.82) is 0 Å². The van der Waals surface area contributed by atoms with E-state index in [0.717, 1.165) is 46.7 Å². The van der Waals surface area contributed by atoms with E-state index in [4.69, 9.17) is 4.74 Å². The molecule has 7 nitrogen and oxygen atoms in total. The van der Waals surface area contributed by atoms with Crippen LogP contribution in [-0.2, 0) is 30.6 Å². The number of aromatic nitrogens is 5. The second-order valence-electron chi connectivity index (χ2n) is 7.61. The van der Waals surface area contributed by atoms with Gasteiger partial charge in [0.15, 0.2) is 0 Å². The molecule has 3 heterocycles. The fraction of sp³-hybridized carbons (Fsp3) is 0.348. The summed E-state index contributed by atoms with van der Waals surface area (Å²) >= 11 is 0. The van der Waals surface area contributed by atoms with Crippen molar-refractivity contribution in [3.63, 3.8) is 0 Å². The number of hydrogen-bond donors (Lipinski definition) is 2. The molecule has 0 saturated carbocycles. The smallest absolute Gasteiger partial charge is 0.274 e. The normalized spacial score (nSPS) is 11.5. The van der Waals surface area contributed by atoms with E-state index < -0.39 is 0 Å². The Morgan fingerprint density at radius 2 is 1.90 bits per heavy atom. The quantitative estimate of drug-likeness (QED) is 0.492. The second kappa shape index (κ2) is 8.28. The fourth-order valence-electron chi connectivity index (χ4n) is 3.92.